The zero-order valence-corrected chi connectivity index (χ0v) is 9.81. The Morgan fingerprint density at radius 2 is 2.12 bits per heavy atom. The van der Waals surface area contributed by atoms with Crippen molar-refractivity contribution in [1.29, 1.82) is 0 Å². The van der Waals surface area contributed by atoms with Gasteiger partial charge in [-0.1, -0.05) is 0 Å². The Bertz CT molecular complexity index is 265. The predicted molar refractivity (Wildman–Crippen MR) is 58.1 cm³/mol. The molecule has 0 spiro atoms. The average molecular weight is 229 g/mol. The van der Waals surface area contributed by atoms with Crippen molar-refractivity contribution in [2.45, 2.75) is 45.3 Å². The van der Waals surface area contributed by atoms with Gasteiger partial charge in [-0.05, 0) is 33.1 Å². The third kappa shape index (κ3) is 3.48. The molecule has 0 aromatic rings. The number of likely N-dealkylation sites (tertiary alicyclic amines) is 1. The van der Waals surface area contributed by atoms with Gasteiger partial charge in [-0.25, -0.2) is 4.79 Å². The summed E-state index contributed by atoms with van der Waals surface area (Å²) in [5.74, 6) is -1.14. The molecule has 0 aliphatic carbocycles. The monoisotopic (exact) mass is 229 g/mol. The van der Waals surface area contributed by atoms with Crippen LogP contribution in [-0.4, -0.2) is 47.2 Å². The molecule has 0 bridgehead atoms. The van der Waals surface area contributed by atoms with Crippen LogP contribution in [0, 0.1) is 0 Å². The van der Waals surface area contributed by atoms with Crippen molar-refractivity contribution in [2.75, 3.05) is 13.2 Å². The van der Waals surface area contributed by atoms with E-state index in [0.717, 1.165) is 12.8 Å². The fraction of sp³-hybridized carbons (Fsp3) is 0.818. The lowest BCUT2D eigenvalue weighted by atomic mass is 10.0. The van der Waals surface area contributed by atoms with Gasteiger partial charge in [-0.2, -0.15) is 0 Å². The van der Waals surface area contributed by atoms with E-state index in [-0.39, 0.29) is 18.6 Å². The van der Waals surface area contributed by atoms with Crippen molar-refractivity contribution in [3.8, 4) is 0 Å². The van der Waals surface area contributed by atoms with Gasteiger partial charge in [-0.15, -0.1) is 0 Å². The first-order valence-electron chi connectivity index (χ1n) is 5.66. The van der Waals surface area contributed by atoms with Gasteiger partial charge in [0, 0.05) is 6.54 Å². The topological polar surface area (TPSA) is 66.8 Å². The van der Waals surface area contributed by atoms with Gasteiger partial charge >= 0.3 is 5.97 Å². The molecule has 1 aliphatic rings. The second-order valence-electron chi connectivity index (χ2n) is 4.30. The molecule has 92 valence electrons. The Morgan fingerprint density at radius 1 is 1.44 bits per heavy atom. The van der Waals surface area contributed by atoms with E-state index >= 15 is 0 Å². The van der Waals surface area contributed by atoms with E-state index in [9.17, 15) is 9.59 Å². The number of ether oxygens (including phenoxy) is 1. The van der Waals surface area contributed by atoms with Crippen molar-refractivity contribution >= 4 is 11.9 Å². The summed E-state index contributed by atoms with van der Waals surface area (Å²) < 4.78 is 5.20. The second-order valence-corrected chi connectivity index (χ2v) is 4.30. The van der Waals surface area contributed by atoms with Crippen LogP contribution in [0.15, 0.2) is 0 Å². The zero-order valence-electron chi connectivity index (χ0n) is 9.81. The van der Waals surface area contributed by atoms with Crippen LogP contribution in [0.2, 0.25) is 0 Å². The van der Waals surface area contributed by atoms with Crippen LogP contribution in [0.3, 0.4) is 0 Å². The summed E-state index contributed by atoms with van der Waals surface area (Å²) in [5.41, 5.74) is 0. The minimum absolute atomic E-state index is 0.0166. The first-order chi connectivity index (χ1) is 7.52. The van der Waals surface area contributed by atoms with Gasteiger partial charge in [0.05, 0.1) is 6.10 Å². The molecule has 16 heavy (non-hydrogen) atoms. The van der Waals surface area contributed by atoms with Crippen molar-refractivity contribution in [3.05, 3.63) is 0 Å². The molecule has 1 rings (SSSR count). The molecule has 5 nitrogen and oxygen atoms in total. The minimum atomic E-state index is -0.919. The van der Waals surface area contributed by atoms with Gasteiger partial charge in [0.25, 0.3) is 0 Å². The standard InChI is InChI=1S/C11H19NO4/c1-8(2)16-7-10(13)12-6-4-3-5-9(12)11(14)15/h8-9H,3-7H2,1-2H3,(H,14,15). The Balaban J connectivity index is 2.54. The highest BCUT2D eigenvalue weighted by atomic mass is 16.5. The Hall–Kier alpha value is -1.10. The minimum Gasteiger partial charge on any atom is -0.480 e. The van der Waals surface area contributed by atoms with Crippen molar-refractivity contribution in [1.82, 2.24) is 4.90 Å². The van der Waals surface area contributed by atoms with Gasteiger partial charge in [0.15, 0.2) is 0 Å². The number of hydrogen-bond donors (Lipinski definition) is 1. The first kappa shape index (κ1) is 13.0. The number of piperidine rings is 1. The number of carboxylic acids is 1. The summed E-state index contributed by atoms with van der Waals surface area (Å²) in [5, 5.41) is 9.00. The van der Waals surface area contributed by atoms with Crippen molar-refractivity contribution in [2.24, 2.45) is 0 Å². The SMILES string of the molecule is CC(C)OCC(=O)N1CCCCC1C(=O)O. The Labute approximate surface area is 95.4 Å². The number of nitrogens with zero attached hydrogens (tertiary/aromatic N) is 1. The van der Waals surface area contributed by atoms with Crippen molar-refractivity contribution in [3.63, 3.8) is 0 Å². The van der Waals surface area contributed by atoms with E-state index in [1.54, 1.807) is 0 Å². The summed E-state index contributed by atoms with van der Waals surface area (Å²) >= 11 is 0. The van der Waals surface area contributed by atoms with Crippen LogP contribution in [-0.2, 0) is 14.3 Å². The quantitative estimate of drug-likeness (QED) is 0.777. The fourth-order valence-corrected chi connectivity index (χ4v) is 1.81. The number of carbonyl (C=O) groups is 2. The zero-order chi connectivity index (χ0) is 12.1. The van der Waals surface area contributed by atoms with Gasteiger partial charge < -0.3 is 14.7 Å². The molecule has 0 saturated carbocycles. The lowest BCUT2D eigenvalue weighted by molar-refractivity contribution is -0.154. The number of aliphatic carboxylic acids is 1. The lowest BCUT2D eigenvalue weighted by Gasteiger charge is -2.33. The molecule has 0 radical (unpaired) electrons. The number of rotatable bonds is 4. The van der Waals surface area contributed by atoms with E-state index in [1.807, 2.05) is 13.8 Å². The maximum Gasteiger partial charge on any atom is 0.326 e. The van der Waals surface area contributed by atoms with Gasteiger partial charge in [-0.3, -0.25) is 4.79 Å². The van der Waals surface area contributed by atoms with E-state index in [0.29, 0.717) is 13.0 Å². The summed E-state index contributed by atoms with van der Waals surface area (Å²) in [6.45, 7) is 4.19. The average Bonchev–Trinajstić information content (AvgIpc) is 2.25. The molecule has 0 aromatic carbocycles. The van der Waals surface area contributed by atoms with E-state index in [4.69, 9.17) is 9.84 Å². The Morgan fingerprint density at radius 3 is 2.69 bits per heavy atom. The van der Waals surface area contributed by atoms with Crippen LogP contribution in [0.25, 0.3) is 0 Å². The van der Waals surface area contributed by atoms with Gasteiger partial charge in [0.2, 0.25) is 5.91 Å². The molecule has 1 unspecified atom stereocenters. The van der Waals surface area contributed by atoms with E-state index in [2.05, 4.69) is 0 Å². The van der Waals surface area contributed by atoms with Crippen LogP contribution in [0.5, 0.6) is 0 Å². The normalized spacial score (nSPS) is 21.2. The third-order valence-corrected chi connectivity index (χ3v) is 2.65. The third-order valence-electron chi connectivity index (χ3n) is 2.65. The lowest BCUT2D eigenvalue weighted by Crippen LogP contribution is -2.49. The molecule has 1 fully saturated rings. The number of hydrogen-bond acceptors (Lipinski definition) is 3. The highest BCUT2D eigenvalue weighted by Gasteiger charge is 2.31. The molecule has 1 saturated heterocycles. The van der Waals surface area contributed by atoms with Crippen LogP contribution >= 0.6 is 0 Å². The largest absolute Gasteiger partial charge is 0.480 e. The van der Waals surface area contributed by atoms with Crippen LogP contribution < -0.4 is 0 Å². The molecular formula is C11H19NO4. The molecule has 1 amide bonds. The fourth-order valence-electron chi connectivity index (χ4n) is 1.81. The first-order valence-corrected chi connectivity index (χ1v) is 5.66. The highest BCUT2D eigenvalue weighted by Crippen LogP contribution is 2.17. The smallest absolute Gasteiger partial charge is 0.326 e. The second kappa shape index (κ2) is 5.84. The molecule has 1 heterocycles. The Kier molecular flexibility index (Phi) is 4.73. The number of carboxylic acid groups (broad SMARTS) is 1. The molecular weight excluding hydrogens is 210 g/mol. The van der Waals surface area contributed by atoms with E-state index in [1.165, 1.54) is 4.90 Å². The van der Waals surface area contributed by atoms with Crippen LogP contribution in [0.4, 0.5) is 0 Å². The van der Waals surface area contributed by atoms with Gasteiger partial charge in [0.1, 0.15) is 12.6 Å². The molecule has 1 N–H and O–H groups in total. The molecule has 1 atom stereocenters. The summed E-state index contributed by atoms with van der Waals surface area (Å²) in [7, 11) is 0. The summed E-state index contributed by atoms with van der Waals surface area (Å²) in [4.78, 5) is 24.2. The summed E-state index contributed by atoms with van der Waals surface area (Å²) in [6, 6.07) is -0.669. The number of carbonyl (C=O) groups excluding carboxylic acids is 1. The highest BCUT2D eigenvalue weighted by molar-refractivity contribution is 5.84. The summed E-state index contributed by atoms with van der Waals surface area (Å²) in [6.07, 6.45) is 2.27. The van der Waals surface area contributed by atoms with E-state index < -0.39 is 12.0 Å². The predicted octanol–water partition coefficient (Wildman–Crippen LogP) is 0.877. The van der Waals surface area contributed by atoms with Crippen LogP contribution in [0.1, 0.15) is 33.1 Å². The molecule has 5 heteroatoms. The number of amides is 1. The molecule has 0 aromatic heterocycles. The maximum absolute atomic E-state index is 11.8. The molecule has 1 aliphatic heterocycles. The van der Waals surface area contributed by atoms with Crippen molar-refractivity contribution < 1.29 is 19.4 Å². The maximum atomic E-state index is 11.8.